The van der Waals surface area contributed by atoms with Crippen LogP contribution in [0.2, 0.25) is 0 Å². The van der Waals surface area contributed by atoms with Gasteiger partial charge in [0.2, 0.25) is 0 Å². The lowest BCUT2D eigenvalue weighted by Crippen LogP contribution is -2.11. The minimum atomic E-state index is 0.203. The monoisotopic (exact) mass is 100 g/mol. The third kappa shape index (κ3) is 5.96. The Hall–Kier alpha value is -0.0400. The second-order valence-corrected chi connectivity index (χ2v) is 2.87. The van der Waals surface area contributed by atoms with Crippen molar-refractivity contribution in [2.24, 2.45) is 5.41 Å². The van der Waals surface area contributed by atoms with Gasteiger partial charge in [0, 0.05) is 0 Å². The third-order valence-corrected chi connectivity index (χ3v) is 0.516. The molecule has 0 rings (SSSR count). The average Bonchev–Trinajstić information content (AvgIpc) is 1.30. The number of rotatable bonds is 1. The zero-order valence-electron chi connectivity index (χ0n) is 5.19. The average molecular weight is 100 g/mol. The summed E-state index contributed by atoms with van der Waals surface area (Å²) in [4.78, 5) is 0. The van der Waals surface area contributed by atoms with E-state index in [9.17, 15) is 0 Å². The van der Waals surface area contributed by atoms with Gasteiger partial charge in [-0.1, -0.05) is 20.8 Å². The molecule has 0 saturated heterocycles. The normalized spacial score (nSPS) is 12.0. The zero-order valence-corrected chi connectivity index (χ0v) is 5.19. The minimum Gasteiger partial charge on any atom is -0.372 e. The van der Waals surface area contributed by atoms with Gasteiger partial charge in [-0.3, -0.25) is 0 Å². The summed E-state index contributed by atoms with van der Waals surface area (Å²) in [5.74, 6) is 0. The zero-order chi connectivity index (χ0) is 5.91. The molecular formula is C6H12O. The van der Waals surface area contributed by atoms with Gasteiger partial charge in [0.1, 0.15) is 7.11 Å². The van der Waals surface area contributed by atoms with Crippen molar-refractivity contribution in [1.82, 2.24) is 0 Å². The Bertz CT molecular complexity index is 42.6. The molecule has 0 N–H and O–H groups in total. The van der Waals surface area contributed by atoms with Crippen LogP contribution >= 0.6 is 0 Å². The highest BCUT2D eigenvalue weighted by Crippen LogP contribution is 2.11. The van der Waals surface area contributed by atoms with Crippen LogP contribution in [0.3, 0.4) is 0 Å². The quantitative estimate of drug-likeness (QED) is 0.487. The predicted octanol–water partition coefficient (Wildman–Crippen LogP) is 1.72. The summed E-state index contributed by atoms with van der Waals surface area (Å²) in [5.41, 5.74) is 0.203. The SMILES string of the molecule is [CH]OCC(C)(C)C. The molecule has 0 aliphatic rings. The molecule has 1 heteroatoms. The van der Waals surface area contributed by atoms with Crippen LogP contribution in [0.1, 0.15) is 20.8 Å². The van der Waals surface area contributed by atoms with Gasteiger partial charge in [-0.05, 0) is 5.41 Å². The lowest BCUT2D eigenvalue weighted by molar-refractivity contribution is 0.146. The molecule has 0 heterocycles. The first kappa shape index (κ1) is 6.96. The van der Waals surface area contributed by atoms with E-state index in [-0.39, 0.29) is 5.41 Å². The molecule has 7 heavy (non-hydrogen) atoms. The van der Waals surface area contributed by atoms with Crippen LogP contribution < -0.4 is 0 Å². The Morgan fingerprint density at radius 1 is 1.43 bits per heavy atom. The van der Waals surface area contributed by atoms with Crippen LogP contribution in [-0.4, -0.2) is 6.61 Å². The van der Waals surface area contributed by atoms with E-state index < -0.39 is 0 Å². The first-order valence-electron chi connectivity index (χ1n) is 2.38. The predicted molar refractivity (Wildman–Crippen MR) is 29.7 cm³/mol. The van der Waals surface area contributed by atoms with Crippen molar-refractivity contribution >= 4 is 0 Å². The molecule has 0 aromatic rings. The molecule has 0 amide bonds. The van der Waals surface area contributed by atoms with Crippen molar-refractivity contribution in [3.8, 4) is 0 Å². The standard InChI is InChI=1S/C6H12O/c1-6(2,3)5-7-4/h4H,5H2,1-3H3. The van der Waals surface area contributed by atoms with E-state index in [0.29, 0.717) is 6.61 Å². The van der Waals surface area contributed by atoms with E-state index in [4.69, 9.17) is 7.11 Å². The largest absolute Gasteiger partial charge is 0.372 e. The summed E-state index contributed by atoms with van der Waals surface area (Å²) < 4.78 is 4.41. The smallest absolute Gasteiger partial charge is 0.115 e. The summed E-state index contributed by atoms with van der Waals surface area (Å²) in [6.45, 7) is 6.83. The molecule has 0 fully saturated rings. The fourth-order valence-electron chi connectivity index (χ4n) is 0.250. The van der Waals surface area contributed by atoms with E-state index in [2.05, 4.69) is 25.5 Å². The summed E-state index contributed by atoms with van der Waals surface area (Å²) >= 11 is 0. The molecule has 0 aliphatic carbocycles. The van der Waals surface area contributed by atoms with Gasteiger partial charge in [0.25, 0.3) is 0 Å². The number of hydrogen-bond acceptors (Lipinski definition) is 1. The van der Waals surface area contributed by atoms with E-state index in [1.807, 2.05) is 0 Å². The van der Waals surface area contributed by atoms with Gasteiger partial charge in [-0.2, -0.15) is 0 Å². The van der Waals surface area contributed by atoms with Crippen molar-refractivity contribution in [1.29, 1.82) is 0 Å². The Balaban J connectivity index is 3.15. The Labute approximate surface area is 45.7 Å². The van der Waals surface area contributed by atoms with Crippen LogP contribution in [0.25, 0.3) is 0 Å². The molecule has 0 aromatic carbocycles. The molecule has 0 aliphatic heterocycles. The van der Waals surface area contributed by atoms with Crippen LogP contribution in [0.4, 0.5) is 0 Å². The summed E-state index contributed by atoms with van der Waals surface area (Å²) in [6.07, 6.45) is 0. The van der Waals surface area contributed by atoms with Crippen LogP contribution in [-0.2, 0) is 4.74 Å². The van der Waals surface area contributed by atoms with Gasteiger partial charge in [0.15, 0.2) is 0 Å². The highest BCUT2D eigenvalue weighted by molar-refractivity contribution is 4.57. The van der Waals surface area contributed by atoms with Crippen molar-refractivity contribution in [3.05, 3.63) is 7.11 Å². The van der Waals surface area contributed by atoms with E-state index in [1.54, 1.807) is 0 Å². The van der Waals surface area contributed by atoms with Gasteiger partial charge in [-0.25, -0.2) is 0 Å². The van der Waals surface area contributed by atoms with Gasteiger partial charge in [-0.15, -0.1) is 0 Å². The Kier molecular flexibility index (Phi) is 2.30. The second-order valence-electron chi connectivity index (χ2n) is 2.87. The lowest BCUT2D eigenvalue weighted by Gasteiger charge is -2.14. The molecule has 0 bridgehead atoms. The lowest BCUT2D eigenvalue weighted by atomic mass is 9.99. The molecule has 1 nitrogen and oxygen atoms in total. The van der Waals surface area contributed by atoms with Crippen LogP contribution in [0.5, 0.6) is 0 Å². The maximum Gasteiger partial charge on any atom is 0.115 e. The minimum absolute atomic E-state index is 0.203. The molecular weight excluding hydrogens is 88.1 g/mol. The van der Waals surface area contributed by atoms with Gasteiger partial charge < -0.3 is 4.74 Å². The first-order chi connectivity index (χ1) is 3.06. The fraction of sp³-hybridized carbons (Fsp3) is 0.833. The molecule has 0 spiro atoms. The van der Waals surface area contributed by atoms with Crippen molar-refractivity contribution in [2.75, 3.05) is 6.61 Å². The molecule has 42 valence electrons. The molecule has 0 atom stereocenters. The Morgan fingerprint density at radius 2 is 1.86 bits per heavy atom. The number of ether oxygens (including phenoxy) is 1. The molecule has 0 unspecified atom stereocenters. The van der Waals surface area contributed by atoms with Crippen LogP contribution in [0, 0.1) is 12.5 Å². The first-order valence-corrected chi connectivity index (χ1v) is 2.38. The summed E-state index contributed by atoms with van der Waals surface area (Å²) in [5, 5.41) is 0. The van der Waals surface area contributed by atoms with E-state index >= 15 is 0 Å². The molecule has 2 radical (unpaired) electrons. The van der Waals surface area contributed by atoms with Crippen molar-refractivity contribution < 1.29 is 4.74 Å². The fourth-order valence-corrected chi connectivity index (χ4v) is 0.250. The van der Waals surface area contributed by atoms with Gasteiger partial charge in [0.05, 0.1) is 6.61 Å². The van der Waals surface area contributed by atoms with E-state index in [0.717, 1.165) is 0 Å². The molecule has 0 aromatic heterocycles. The summed E-state index contributed by atoms with van der Waals surface area (Å²) in [6, 6.07) is 0. The highest BCUT2D eigenvalue weighted by Gasteiger charge is 2.07. The topological polar surface area (TPSA) is 9.23 Å². The van der Waals surface area contributed by atoms with Gasteiger partial charge >= 0.3 is 0 Å². The maximum absolute atomic E-state index is 4.81. The van der Waals surface area contributed by atoms with E-state index in [1.165, 1.54) is 0 Å². The van der Waals surface area contributed by atoms with Crippen molar-refractivity contribution in [3.63, 3.8) is 0 Å². The second kappa shape index (κ2) is 2.31. The summed E-state index contributed by atoms with van der Waals surface area (Å²) in [7, 11) is 4.81. The third-order valence-electron chi connectivity index (χ3n) is 0.516. The Morgan fingerprint density at radius 3 is 1.86 bits per heavy atom. The van der Waals surface area contributed by atoms with Crippen LogP contribution in [0.15, 0.2) is 0 Å². The van der Waals surface area contributed by atoms with Crippen molar-refractivity contribution in [2.45, 2.75) is 20.8 Å². The molecule has 0 saturated carbocycles. The highest BCUT2D eigenvalue weighted by atomic mass is 16.5. The number of hydrogen-bond donors (Lipinski definition) is 0. The maximum atomic E-state index is 4.81.